The molecule has 1 atom stereocenters. The number of piperidine rings is 1. The number of aromatic nitrogens is 3. The van der Waals surface area contributed by atoms with E-state index in [0.29, 0.717) is 29.0 Å². The second kappa shape index (κ2) is 9.90. The highest BCUT2D eigenvalue weighted by Crippen LogP contribution is 2.40. The van der Waals surface area contributed by atoms with E-state index in [4.69, 9.17) is 27.8 Å². The molecule has 11 nitrogen and oxygen atoms in total. The van der Waals surface area contributed by atoms with Gasteiger partial charge in [-0.25, -0.2) is 15.0 Å². The predicted octanol–water partition coefficient (Wildman–Crippen LogP) is 1.23. The topological polar surface area (TPSA) is 153 Å². The van der Waals surface area contributed by atoms with Gasteiger partial charge < -0.3 is 31.3 Å². The number of anilines is 3. The molecule has 2 amide bonds. The van der Waals surface area contributed by atoms with Crippen LogP contribution in [0.2, 0.25) is 5.02 Å². The first-order valence-corrected chi connectivity index (χ1v) is 12.0. The molecule has 0 saturated carbocycles. The van der Waals surface area contributed by atoms with Gasteiger partial charge in [0, 0.05) is 49.7 Å². The smallest absolute Gasteiger partial charge is 0.315 e. The van der Waals surface area contributed by atoms with Crippen LogP contribution in [0.15, 0.2) is 28.4 Å². The number of amides is 2. The third-order valence-corrected chi connectivity index (χ3v) is 7.76. The molecule has 2 aromatic heterocycles. The molecule has 34 heavy (non-hydrogen) atoms. The lowest BCUT2D eigenvalue weighted by Crippen LogP contribution is -2.49. The number of carbonyl (C=O) groups is 2. The Balaban J connectivity index is 1.44. The molecule has 2 aromatic rings. The average molecular weight is 507 g/mol. The van der Waals surface area contributed by atoms with Crippen LogP contribution in [-0.2, 0) is 14.3 Å². The van der Waals surface area contributed by atoms with Crippen LogP contribution in [0, 0.1) is 5.41 Å². The van der Waals surface area contributed by atoms with E-state index < -0.39 is 11.8 Å². The Morgan fingerprint density at radius 2 is 2.06 bits per heavy atom. The number of rotatable bonds is 4. The van der Waals surface area contributed by atoms with E-state index in [1.807, 2.05) is 0 Å². The fraction of sp³-hybridized carbons (Fsp3) is 0.476. The van der Waals surface area contributed by atoms with Crippen molar-refractivity contribution in [3.05, 3.63) is 23.5 Å². The summed E-state index contributed by atoms with van der Waals surface area (Å²) < 4.78 is 5.59. The zero-order chi connectivity index (χ0) is 24.5. The van der Waals surface area contributed by atoms with Crippen LogP contribution in [0.5, 0.6) is 0 Å². The van der Waals surface area contributed by atoms with Gasteiger partial charge in [0.1, 0.15) is 10.8 Å². The maximum Gasteiger partial charge on any atom is 0.315 e. The molecule has 5 N–H and O–H groups in total. The van der Waals surface area contributed by atoms with E-state index in [-0.39, 0.29) is 28.1 Å². The maximum absolute atomic E-state index is 12.0. The van der Waals surface area contributed by atoms with Gasteiger partial charge >= 0.3 is 11.8 Å². The lowest BCUT2D eigenvalue weighted by molar-refractivity contribution is -0.141. The number of nitrogens with zero attached hydrogens (tertiary/aromatic N) is 5. The Bertz CT molecular complexity index is 1090. The van der Waals surface area contributed by atoms with E-state index in [2.05, 4.69) is 25.2 Å². The minimum absolute atomic E-state index is 0.0492. The molecule has 0 aliphatic carbocycles. The average Bonchev–Trinajstić information content (AvgIpc) is 3.16. The summed E-state index contributed by atoms with van der Waals surface area (Å²) in [5.41, 5.74) is 12.5. The van der Waals surface area contributed by atoms with Crippen molar-refractivity contribution in [2.75, 3.05) is 56.3 Å². The first-order valence-electron chi connectivity index (χ1n) is 10.8. The Hall–Kier alpha value is -2.67. The zero-order valence-electron chi connectivity index (χ0n) is 19.0. The second-order valence-electron chi connectivity index (χ2n) is 8.62. The summed E-state index contributed by atoms with van der Waals surface area (Å²) >= 11 is 7.62. The summed E-state index contributed by atoms with van der Waals surface area (Å²) in [5, 5.41) is 3.08. The van der Waals surface area contributed by atoms with E-state index in [1.54, 1.807) is 12.3 Å². The molecule has 2 aliphatic heterocycles. The molecular formula is C21H27ClN8O3S. The standard InChI is InChI=1S/C21H27ClN8O3S/c1-29(2)20(32)18(31)28-17-15(22)12(3-6-25-17)34-19-16(24)27-14(9-26-19)30-7-4-21(5-8-30)11-33-10-13(21)23/h3,6,9,13H,4-5,7-8,10-11,23H2,1-2H3,(H2,24,27)(H,25,28,31)/t13-/m1/s1. The summed E-state index contributed by atoms with van der Waals surface area (Å²) in [5.74, 6) is -0.497. The van der Waals surface area contributed by atoms with Gasteiger partial charge in [-0.2, -0.15) is 0 Å². The molecule has 0 radical (unpaired) electrons. The van der Waals surface area contributed by atoms with Crippen molar-refractivity contribution in [1.82, 2.24) is 19.9 Å². The number of hydrogen-bond donors (Lipinski definition) is 3. The Morgan fingerprint density at radius 3 is 2.68 bits per heavy atom. The van der Waals surface area contributed by atoms with Crippen LogP contribution in [-0.4, -0.2) is 78.1 Å². The molecule has 182 valence electrons. The number of carbonyl (C=O) groups excluding carboxylic acids is 2. The minimum Gasteiger partial charge on any atom is -0.381 e. The summed E-state index contributed by atoms with van der Waals surface area (Å²) in [4.78, 5) is 40.8. The molecule has 2 saturated heterocycles. The van der Waals surface area contributed by atoms with E-state index in [9.17, 15) is 9.59 Å². The maximum atomic E-state index is 12.0. The van der Waals surface area contributed by atoms with Gasteiger partial charge in [-0.1, -0.05) is 23.4 Å². The monoisotopic (exact) mass is 506 g/mol. The quantitative estimate of drug-likeness (QED) is 0.516. The zero-order valence-corrected chi connectivity index (χ0v) is 20.5. The van der Waals surface area contributed by atoms with Gasteiger partial charge in [-0.05, 0) is 18.9 Å². The highest BCUT2D eigenvalue weighted by atomic mass is 35.5. The number of hydrogen-bond acceptors (Lipinski definition) is 10. The Labute approximate surface area is 206 Å². The summed E-state index contributed by atoms with van der Waals surface area (Å²) in [7, 11) is 2.96. The largest absolute Gasteiger partial charge is 0.381 e. The van der Waals surface area contributed by atoms with Crippen molar-refractivity contribution in [1.29, 1.82) is 0 Å². The minimum atomic E-state index is -0.835. The van der Waals surface area contributed by atoms with Gasteiger partial charge in [0.2, 0.25) is 0 Å². The first kappa shape index (κ1) is 24.5. The third kappa shape index (κ3) is 4.90. The molecule has 0 bridgehead atoms. The number of likely N-dealkylation sites (N-methyl/N-ethyl adjacent to an activating group) is 1. The van der Waals surface area contributed by atoms with E-state index in [1.165, 1.54) is 32.1 Å². The number of nitrogens with one attached hydrogen (secondary N) is 1. The number of ether oxygens (including phenoxy) is 1. The van der Waals surface area contributed by atoms with E-state index in [0.717, 1.165) is 30.8 Å². The highest BCUT2D eigenvalue weighted by Gasteiger charge is 2.44. The lowest BCUT2D eigenvalue weighted by Gasteiger charge is -2.41. The molecule has 2 fully saturated rings. The van der Waals surface area contributed by atoms with Crippen LogP contribution in [0.4, 0.5) is 17.5 Å². The predicted molar refractivity (Wildman–Crippen MR) is 130 cm³/mol. The fourth-order valence-electron chi connectivity index (χ4n) is 4.04. The van der Waals surface area contributed by atoms with Gasteiger partial charge in [0.25, 0.3) is 0 Å². The normalized spacial score (nSPS) is 19.3. The van der Waals surface area contributed by atoms with Crippen molar-refractivity contribution in [3.8, 4) is 0 Å². The van der Waals surface area contributed by atoms with Crippen LogP contribution >= 0.6 is 23.4 Å². The van der Waals surface area contributed by atoms with Gasteiger partial charge in [0.05, 0.1) is 24.4 Å². The van der Waals surface area contributed by atoms with Crippen LogP contribution in [0.1, 0.15) is 12.8 Å². The van der Waals surface area contributed by atoms with Crippen molar-refractivity contribution in [2.45, 2.75) is 28.8 Å². The second-order valence-corrected chi connectivity index (χ2v) is 10.0. The lowest BCUT2D eigenvalue weighted by atomic mass is 9.75. The molecule has 2 aliphatic rings. The van der Waals surface area contributed by atoms with Gasteiger partial charge in [0.15, 0.2) is 11.6 Å². The van der Waals surface area contributed by atoms with E-state index >= 15 is 0 Å². The number of pyridine rings is 1. The summed E-state index contributed by atoms with van der Waals surface area (Å²) in [6, 6.07) is 1.74. The molecule has 4 rings (SSSR count). The Morgan fingerprint density at radius 1 is 1.32 bits per heavy atom. The molecule has 4 heterocycles. The summed E-state index contributed by atoms with van der Waals surface area (Å²) in [6.07, 6.45) is 5.03. The SMILES string of the molecule is CN(C)C(=O)C(=O)Nc1nccc(Sc2ncc(N3CCC4(CC3)COC[C@H]4N)nc2N)c1Cl. The fourth-order valence-corrected chi connectivity index (χ4v) is 5.10. The number of nitrogens with two attached hydrogens (primary N) is 2. The molecule has 0 unspecified atom stereocenters. The molecule has 0 aromatic carbocycles. The molecular weight excluding hydrogens is 480 g/mol. The third-order valence-electron chi connectivity index (χ3n) is 6.20. The molecule has 13 heteroatoms. The van der Waals surface area contributed by atoms with Crippen molar-refractivity contribution in [2.24, 2.45) is 11.1 Å². The van der Waals surface area contributed by atoms with Gasteiger partial charge in [-0.3, -0.25) is 9.59 Å². The van der Waals surface area contributed by atoms with Crippen molar-refractivity contribution < 1.29 is 14.3 Å². The highest BCUT2D eigenvalue weighted by molar-refractivity contribution is 7.99. The van der Waals surface area contributed by atoms with Crippen LogP contribution in [0.3, 0.4) is 0 Å². The Kier molecular flexibility index (Phi) is 7.12. The summed E-state index contributed by atoms with van der Waals surface area (Å²) in [6.45, 7) is 2.95. The van der Waals surface area contributed by atoms with Crippen molar-refractivity contribution in [3.63, 3.8) is 0 Å². The van der Waals surface area contributed by atoms with Crippen LogP contribution in [0.25, 0.3) is 0 Å². The molecule has 1 spiro atoms. The van der Waals surface area contributed by atoms with Gasteiger partial charge in [-0.15, -0.1) is 0 Å². The van der Waals surface area contributed by atoms with Crippen molar-refractivity contribution >= 4 is 52.6 Å². The number of halogens is 1. The first-order chi connectivity index (χ1) is 16.2. The number of nitrogen functional groups attached to an aromatic ring is 1. The van der Waals surface area contributed by atoms with Crippen LogP contribution < -0.4 is 21.7 Å².